The maximum Gasteiger partial charge on any atom is 0.274 e. The zero-order valence-electron chi connectivity index (χ0n) is 18.2. The molecule has 10 heteroatoms. The van der Waals surface area contributed by atoms with Crippen LogP contribution in [0.4, 0.5) is 17.1 Å². The van der Waals surface area contributed by atoms with Crippen LogP contribution in [0.25, 0.3) is 22.2 Å². The normalized spacial score (nSPS) is 14.4. The Balaban J connectivity index is 1.46. The molecule has 1 aliphatic rings. The number of aliphatic hydroxyl groups excluding tert-OH is 1. The minimum absolute atomic E-state index is 0.0439. The number of benzene rings is 2. The summed E-state index contributed by atoms with van der Waals surface area (Å²) in [4.78, 5) is 16.4. The number of aliphatic hydroxyl groups is 1. The van der Waals surface area contributed by atoms with Gasteiger partial charge in [-0.3, -0.25) is 4.79 Å². The predicted octanol–water partition coefficient (Wildman–Crippen LogP) is 2.69. The number of anilines is 3. The molecule has 4 aromatic rings. The second-order valence-electron chi connectivity index (χ2n) is 8.19. The van der Waals surface area contributed by atoms with Crippen LogP contribution in [0.15, 0.2) is 47.4 Å². The van der Waals surface area contributed by atoms with Crippen molar-refractivity contribution in [1.29, 1.82) is 0 Å². The van der Waals surface area contributed by atoms with Crippen molar-refractivity contribution in [2.45, 2.75) is 32.2 Å². The van der Waals surface area contributed by atoms with Gasteiger partial charge in [-0.05, 0) is 54.5 Å². The summed E-state index contributed by atoms with van der Waals surface area (Å²) in [5.41, 5.74) is 3.27. The van der Waals surface area contributed by atoms with Crippen molar-refractivity contribution < 1.29 is 5.11 Å². The molecule has 0 amide bonds. The van der Waals surface area contributed by atoms with E-state index >= 15 is 0 Å². The highest BCUT2D eigenvalue weighted by Gasteiger charge is 2.15. The molecule has 0 atom stereocenters. The Kier molecular flexibility index (Phi) is 5.99. The van der Waals surface area contributed by atoms with E-state index in [0.29, 0.717) is 17.8 Å². The van der Waals surface area contributed by atoms with Gasteiger partial charge in [-0.25, -0.2) is 5.10 Å². The molecule has 0 spiro atoms. The summed E-state index contributed by atoms with van der Waals surface area (Å²) in [5.74, 6) is 0.492. The molecule has 0 saturated carbocycles. The Hall–Kier alpha value is -3.79. The molecule has 1 aliphatic heterocycles. The molecule has 5 rings (SSSR count). The second-order valence-corrected chi connectivity index (χ2v) is 8.19. The van der Waals surface area contributed by atoms with Gasteiger partial charge in [0.25, 0.3) is 5.56 Å². The number of nitrogens with zero attached hydrogens (tertiary/aromatic N) is 6. The van der Waals surface area contributed by atoms with Crippen molar-refractivity contribution in [3.63, 3.8) is 0 Å². The van der Waals surface area contributed by atoms with E-state index in [2.05, 4.69) is 48.0 Å². The number of aromatic nitrogens is 6. The van der Waals surface area contributed by atoms with Crippen LogP contribution in [0.2, 0.25) is 0 Å². The number of H-pyrrole nitrogens is 1. The topological polar surface area (TPSA) is 125 Å². The van der Waals surface area contributed by atoms with Crippen LogP contribution < -0.4 is 15.8 Å². The molecule has 170 valence electrons. The lowest BCUT2D eigenvalue weighted by Gasteiger charge is -2.24. The number of aromatic amines is 1. The van der Waals surface area contributed by atoms with E-state index in [1.807, 2.05) is 24.3 Å². The molecular formula is C23H26N8O2. The molecule has 0 bridgehead atoms. The predicted molar refractivity (Wildman–Crippen MR) is 127 cm³/mol. The first kappa shape index (κ1) is 21.1. The Morgan fingerprint density at radius 1 is 1.06 bits per heavy atom. The van der Waals surface area contributed by atoms with E-state index in [1.54, 1.807) is 6.20 Å². The van der Waals surface area contributed by atoms with Crippen LogP contribution in [0.3, 0.4) is 0 Å². The van der Waals surface area contributed by atoms with E-state index in [4.69, 9.17) is 5.11 Å². The molecule has 1 fully saturated rings. The fourth-order valence-electron chi connectivity index (χ4n) is 4.23. The van der Waals surface area contributed by atoms with Gasteiger partial charge in [-0.1, -0.05) is 12.8 Å². The van der Waals surface area contributed by atoms with Gasteiger partial charge >= 0.3 is 0 Å². The van der Waals surface area contributed by atoms with Gasteiger partial charge < -0.3 is 15.3 Å². The fourth-order valence-corrected chi connectivity index (χ4v) is 4.23. The summed E-state index contributed by atoms with van der Waals surface area (Å²) in [6, 6.07) is 11.7. The van der Waals surface area contributed by atoms with E-state index in [9.17, 15) is 4.79 Å². The summed E-state index contributed by atoms with van der Waals surface area (Å²) in [7, 11) is 0. The van der Waals surface area contributed by atoms with E-state index in [-0.39, 0.29) is 12.2 Å². The van der Waals surface area contributed by atoms with E-state index in [0.717, 1.165) is 41.1 Å². The third kappa shape index (κ3) is 4.56. The first-order chi connectivity index (χ1) is 16.2. The zero-order valence-corrected chi connectivity index (χ0v) is 18.2. The SMILES string of the molecule is O=c1[nH]ncc2cc(N3CCCCCC3)cc(Nc3ccc(-c4nnn(CCO)n4)cc3)c12. The Morgan fingerprint density at radius 3 is 2.61 bits per heavy atom. The number of tetrazole rings is 1. The second kappa shape index (κ2) is 9.37. The minimum Gasteiger partial charge on any atom is -0.394 e. The average Bonchev–Trinajstić information content (AvgIpc) is 3.12. The van der Waals surface area contributed by atoms with Crippen LogP contribution in [-0.4, -0.2) is 55.2 Å². The number of rotatable bonds is 6. The Labute approximate surface area is 190 Å². The smallest absolute Gasteiger partial charge is 0.274 e. The van der Waals surface area contributed by atoms with Gasteiger partial charge in [-0.15, -0.1) is 10.2 Å². The van der Waals surface area contributed by atoms with E-state index in [1.165, 1.54) is 30.5 Å². The maximum absolute atomic E-state index is 12.6. The highest BCUT2D eigenvalue weighted by atomic mass is 16.3. The summed E-state index contributed by atoms with van der Waals surface area (Å²) in [6.45, 7) is 2.29. The summed E-state index contributed by atoms with van der Waals surface area (Å²) >= 11 is 0. The van der Waals surface area contributed by atoms with Crippen molar-refractivity contribution in [1.82, 2.24) is 30.4 Å². The van der Waals surface area contributed by atoms with E-state index < -0.39 is 0 Å². The highest BCUT2D eigenvalue weighted by molar-refractivity contribution is 5.97. The molecule has 10 nitrogen and oxygen atoms in total. The van der Waals surface area contributed by atoms with Gasteiger partial charge in [0.15, 0.2) is 0 Å². The van der Waals surface area contributed by atoms with Gasteiger partial charge in [0.05, 0.1) is 30.4 Å². The third-order valence-corrected chi connectivity index (χ3v) is 5.90. The first-order valence-corrected chi connectivity index (χ1v) is 11.2. The summed E-state index contributed by atoms with van der Waals surface area (Å²) < 4.78 is 0. The first-order valence-electron chi connectivity index (χ1n) is 11.2. The molecule has 33 heavy (non-hydrogen) atoms. The highest BCUT2D eigenvalue weighted by Crippen LogP contribution is 2.31. The van der Waals surface area contributed by atoms with Crippen LogP contribution >= 0.6 is 0 Å². The van der Waals surface area contributed by atoms with Crippen molar-refractivity contribution >= 4 is 27.8 Å². The van der Waals surface area contributed by atoms with Gasteiger partial charge in [0.1, 0.15) is 0 Å². The van der Waals surface area contributed by atoms with Crippen LogP contribution in [0.1, 0.15) is 25.7 Å². The number of nitrogens with one attached hydrogen (secondary N) is 2. The van der Waals surface area contributed by atoms with Crippen molar-refractivity contribution in [2.24, 2.45) is 0 Å². The van der Waals surface area contributed by atoms with Crippen LogP contribution in [0, 0.1) is 0 Å². The largest absolute Gasteiger partial charge is 0.394 e. The number of fused-ring (bicyclic) bond motifs is 1. The molecule has 0 unspecified atom stereocenters. The van der Waals surface area contributed by atoms with Crippen LogP contribution in [-0.2, 0) is 6.54 Å². The van der Waals surface area contributed by atoms with Crippen molar-refractivity contribution in [2.75, 3.05) is 29.9 Å². The average molecular weight is 447 g/mol. The maximum atomic E-state index is 12.6. The molecule has 2 aromatic heterocycles. The molecule has 3 N–H and O–H groups in total. The molecule has 1 saturated heterocycles. The lowest BCUT2D eigenvalue weighted by molar-refractivity contribution is 0.259. The monoisotopic (exact) mass is 446 g/mol. The van der Waals surface area contributed by atoms with Gasteiger partial charge in [-0.2, -0.15) is 9.90 Å². The van der Waals surface area contributed by atoms with Gasteiger partial charge in [0, 0.05) is 35.4 Å². The standard InChI is InChI=1S/C23H26N8O2/c32-12-11-31-28-22(26-29-31)16-5-7-18(8-6-16)25-20-14-19(30-9-3-1-2-4-10-30)13-17-15-24-27-23(33)21(17)20/h5-8,13-15,25,32H,1-4,9-12H2,(H,27,33). The lowest BCUT2D eigenvalue weighted by Crippen LogP contribution is -2.24. The third-order valence-electron chi connectivity index (χ3n) is 5.90. The lowest BCUT2D eigenvalue weighted by atomic mass is 10.1. The quantitative estimate of drug-likeness (QED) is 0.413. The Bertz CT molecular complexity index is 1290. The zero-order chi connectivity index (χ0) is 22.6. The molecule has 0 aliphatic carbocycles. The van der Waals surface area contributed by atoms with Crippen LogP contribution in [0.5, 0.6) is 0 Å². The molecule has 3 heterocycles. The Morgan fingerprint density at radius 2 is 1.85 bits per heavy atom. The fraction of sp³-hybridized carbons (Fsp3) is 0.348. The van der Waals surface area contributed by atoms with Gasteiger partial charge in [0.2, 0.25) is 5.82 Å². The minimum atomic E-state index is -0.223. The molecule has 2 aromatic carbocycles. The summed E-state index contributed by atoms with van der Waals surface area (Å²) in [6.07, 6.45) is 6.56. The number of hydrogen-bond acceptors (Lipinski definition) is 8. The number of hydrogen-bond donors (Lipinski definition) is 3. The van der Waals surface area contributed by atoms with Crippen molar-refractivity contribution in [3.05, 3.63) is 52.9 Å². The summed E-state index contributed by atoms with van der Waals surface area (Å²) in [5, 5.41) is 32.6. The molecule has 0 radical (unpaired) electrons. The molecular weight excluding hydrogens is 420 g/mol. The van der Waals surface area contributed by atoms with Crippen molar-refractivity contribution in [3.8, 4) is 11.4 Å².